The number of phenolic OH excluding ortho intramolecular Hbond substituents is 1. The molecule has 2 nitrogen and oxygen atoms in total. The number of aromatic hydroxyl groups is 1. The first-order valence-electron chi connectivity index (χ1n) is 6.04. The molecular weight excluding hydrogens is 198 g/mol. The highest BCUT2D eigenvalue weighted by molar-refractivity contribution is 5.27. The Balaban J connectivity index is 2.60. The maximum absolute atomic E-state index is 9.42. The van der Waals surface area contributed by atoms with Gasteiger partial charge in [0.2, 0.25) is 0 Å². The third-order valence-corrected chi connectivity index (χ3v) is 2.73. The number of hydrogen-bond acceptors (Lipinski definition) is 2. The lowest BCUT2D eigenvalue weighted by molar-refractivity contribution is 0.394. The molecule has 1 atom stereocenters. The van der Waals surface area contributed by atoms with E-state index >= 15 is 0 Å². The van der Waals surface area contributed by atoms with Gasteiger partial charge in [0.25, 0.3) is 0 Å². The monoisotopic (exact) mass is 221 g/mol. The highest BCUT2D eigenvalue weighted by Crippen LogP contribution is 2.19. The molecule has 1 rings (SSSR count). The predicted octanol–water partition coefficient (Wildman–Crippen LogP) is 2.82. The Hall–Kier alpha value is -1.02. The Kier molecular flexibility index (Phi) is 5.33. The van der Waals surface area contributed by atoms with Crippen molar-refractivity contribution < 1.29 is 5.11 Å². The lowest BCUT2D eigenvalue weighted by Gasteiger charge is -2.18. The Morgan fingerprint density at radius 1 is 1.31 bits per heavy atom. The molecule has 0 aromatic heterocycles. The Labute approximate surface area is 98.7 Å². The minimum Gasteiger partial charge on any atom is -0.508 e. The number of rotatable bonds is 6. The van der Waals surface area contributed by atoms with Crippen molar-refractivity contribution in [2.45, 2.75) is 26.7 Å². The van der Waals surface area contributed by atoms with Gasteiger partial charge in [-0.15, -0.1) is 0 Å². The van der Waals surface area contributed by atoms with Crippen LogP contribution in [-0.4, -0.2) is 18.7 Å². The maximum Gasteiger partial charge on any atom is 0.115 e. The maximum atomic E-state index is 9.42. The highest BCUT2D eigenvalue weighted by Gasteiger charge is 2.11. The van der Waals surface area contributed by atoms with E-state index in [0.717, 1.165) is 18.9 Å². The molecule has 0 aliphatic heterocycles. The summed E-state index contributed by atoms with van der Waals surface area (Å²) in [7, 11) is 2.00. The van der Waals surface area contributed by atoms with E-state index in [4.69, 9.17) is 0 Å². The van der Waals surface area contributed by atoms with Crippen LogP contribution in [0.5, 0.6) is 5.75 Å². The van der Waals surface area contributed by atoms with Crippen molar-refractivity contribution in [3.05, 3.63) is 29.8 Å². The second-order valence-corrected chi connectivity index (χ2v) is 4.93. The fraction of sp³-hybridized carbons (Fsp3) is 0.571. The van der Waals surface area contributed by atoms with Crippen LogP contribution in [0.2, 0.25) is 0 Å². The number of phenols is 1. The fourth-order valence-corrected chi connectivity index (χ4v) is 2.21. The summed E-state index contributed by atoms with van der Waals surface area (Å²) < 4.78 is 0. The second kappa shape index (κ2) is 6.54. The van der Waals surface area contributed by atoms with Gasteiger partial charge in [-0.3, -0.25) is 0 Å². The van der Waals surface area contributed by atoms with Crippen LogP contribution in [0, 0.1) is 11.8 Å². The van der Waals surface area contributed by atoms with Gasteiger partial charge in [-0.25, -0.2) is 0 Å². The lowest BCUT2D eigenvalue weighted by atomic mass is 9.91. The van der Waals surface area contributed by atoms with Crippen LogP contribution in [0.1, 0.15) is 25.8 Å². The Bertz CT molecular complexity index is 309. The van der Waals surface area contributed by atoms with Crippen molar-refractivity contribution in [1.29, 1.82) is 0 Å². The first-order valence-corrected chi connectivity index (χ1v) is 6.04. The molecule has 2 N–H and O–H groups in total. The smallest absolute Gasteiger partial charge is 0.115 e. The van der Waals surface area contributed by atoms with Gasteiger partial charge < -0.3 is 10.4 Å². The van der Waals surface area contributed by atoms with Crippen LogP contribution in [0.4, 0.5) is 0 Å². The van der Waals surface area contributed by atoms with Crippen LogP contribution in [0.15, 0.2) is 24.3 Å². The van der Waals surface area contributed by atoms with Crippen LogP contribution >= 0.6 is 0 Å². The summed E-state index contributed by atoms with van der Waals surface area (Å²) in [5.41, 5.74) is 1.22. The van der Waals surface area contributed by atoms with E-state index in [1.54, 1.807) is 6.07 Å². The van der Waals surface area contributed by atoms with E-state index in [9.17, 15) is 5.11 Å². The fourth-order valence-electron chi connectivity index (χ4n) is 2.21. The quantitative estimate of drug-likeness (QED) is 0.774. The molecule has 0 radical (unpaired) electrons. The van der Waals surface area contributed by atoms with Crippen molar-refractivity contribution in [2.75, 3.05) is 13.6 Å². The zero-order valence-electron chi connectivity index (χ0n) is 10.5. The lowest BCUT2D eigenvalue weighted by Crippen LogP contribution is -2.22. The van der Waals surface area contributed by atoms with Crippen molar-refractivity contribution in [3.8, 4) is 5.75 Å². The molecule has 1 aromatic carbocycles. The molecule has 16 heavy (non-hydrogen) atoms. The molecule has 2 heteroatoms. The molecule has 0 saturated heterocycles. The Morgan fingerprint density at radius 3 is 2.62 bits per heavy atom. The van der Waals surface area contributed by atoms with E-state index in [2.05, 4.69) is 25.2 Å². The van der Waals surface area contributed by atoms with E-state index in [1.165, 1.54) is 12.0 Å². The van der Waals surface area contributed by atoms with E-state index in [1.807, 2.05) is 19.2 Å². The van der Waals surface area contributed by atoms with Gasteiger partial charge in [-0.2, -0.15) is 0 Å². The number of benzene rings is 1. The van der Waals surface area contributed by atoms with E-state index in [0.29, 0.717) is 11.7 Å². The van der Waals surface area contributed by atoms with Gasteiger partial charge in [0, 0.05) is 0 Å². The average Bonchev–Trinajstić information content (AvgIpc) is 2.16. The molecule has 0 heterocycles. The molecule has 90 valence electrons. The van der Waals surface area contributed by atoms with Gasteiger partial charge in [0.1, 0.15) is 5.75 Å². The molecule has 0 amide bonds. The summed E-state index contributed by atoms with van der Waals surface area (Å²) in [5, 5.41) is 12.7. The summed E-state index contributed by atoms with van der Waals surface area (Å²) in [4.78, 5) is 0. The normalized spacial score (nSPS) is 13.0. The highest BCUT2D eigenvalue weighted by atomic mass is 16.3. The topological polar surface area (TPSA) is 32.3 Å². The summed E-state index contributed by atoms with van der Waals surface area (Å²) in [6.45, 7) is 5.55. The zero-order chi connectivity index (χ0) is 12.0. The minimum absolute atomic E-state index is 0.366. The zero-order valence-corrected chi connectivity index (χ0v) is 10.5. The van der Waals surface area contributed by atoms with Gasteiger partial charge in [0.15, 0.2) is 0 Å². The molecule has 1 aromatic rings. The summed E-state index contributed by atoms with van der Waals surface area (Å²) in [5.74, 6) is 1.73. The first-order chi connectivity index (χ1) is 7.61. The summed E-state index contributed by atoms with van der Waals surface area (Å²) >= 11 is 0. The van der Waals surface area contributed by atoms with Gasteiger partial charge in [-0.1, -0.05) is 26.0 Å². The number of nitrogens with one attached hydrogen (secondary N) is 1. The third-order valence-electron chi connectivity index (χ3n) is 2.73. The largest absolute Gasteiger partial charge is 0.508 e. The SMILES string of the molecule is CNCC(Cc1cccc(O)c1)CC(C)C. The van der Waals surface area contributed by atoms with Crippen molar-refractivity contribution >= 4 is 0 Å². The first kappa shape index (κ1) is 13.0. The minimum atomic E-state index is 0.366. The predicted molar refractivity (Wildman–Crippen MR) is 68.7 cm³/mol. The summed E-state index contributed by atoms with van der Waals surface area (Å²) in [6.07, 6.45) is 2.25. The van der Waals surface area contributed by atoms with E-state index in [-0.39, 0.29) is 0 Å². The molecule has 0 spiro atoms. The van der Waals surface area contributed by atoms with Gasteiger partial charge >= 0.3 is 0 Å². The summed E-state index contributed by atoms with van der Waals surface area (Å²) in [6, 6.07) is 7.58. The van der Waals surface area contributed by atoms with Crippen molar-refractivity contribution in [3.63, 3.8) is 0 Å². The average molecular weight is 221 g/mol. The standard InChI is InChI=1S/C14H23NO/c1-11(2)7-13(10-15-3)8-12-5-4-6-14(16)9-12/h4-6,9,11,13,15-16H,7-8,10H2,1-3H3. The van der Waals surface area contributed by atoms with Gasteiger partial charge in [0.05, 0.1) is 0 Å². The van der Waals surface area contributed by atoms with Crippen LogP contribution in [-0.2, 0) is 6.42 Å². The Morgan fingerprint density at radius 2 is 2.06 bits per heavy atom. The molecule has 0 fully saturated rings. The molecule has 1 unspecified atom stereocenters. The van der Waals surface area contributed by atoms with Gasteiger partial charge in [-0.05, 0) is 56.0 Å². The number of hydrogen-bond donors (Lipinski definition) is 2. The third kappa shape index (κ3) is 4.67. The van der Waals surface area contributed by atoms with Crippen molar-refractivity contribution in [1.82, 2.24) is 5.32 Å². The van der Waals surface area contributed by atoms with Crippen LogP contribution in [0.3, 0.4) is 0 Å². The molecular formula is C14H23NO. The molecule has 0 aliphatic carbocycles. The van der Waals surface area contributed by atoms with E-state index < -0.39 is 0 Å². The van der Waals surface area contributed by atoms with Crippen molar-refractivity contribution in [2.24, 2.45) is 11.8 Å². The molecule has 0 bridgehead atoms. The molecule has 0 aliphatic rings. The van der Waals surface area contributed by atoms with Crippen LogP contribution < -0.4 is 5.32 Å². The van der Waals surface area contributed by atoms with Crippen LogP contribution in [0.25, 0.3) is 0 Å². The second-order valence-electron chi connectivity index (χ2n) is 4.93. The molecule has 0 saturated carbocycles.